The molecule has 6 heteroatoms. The SMILES string of the molecule is CNC(C)c1ccccc1Sc1nnc(SC)s1. The van der Waals surface area contributed by atoms with E-state index in [0.717, 1.165) is 8.68 Å². The van der Waals surface area contributed by atoms with E-state index in [2.05, 4.69) is 46.7 Å². The minimum atomic E-state index is 0.335. The van der Waals surface area contributed by atoms with Crippen molar-refractivity contribution in [3.05, 3.63) is 29.8 Å². The van der Waals surface area contributed by atoms with Crippen LogP contribution in [0.15, 0.2) is 37.8 Å². The van der Waals surface area contributed by atoms with Gasteiger partial charge in [0.25, 0.3) is 0 Å². The molecule has 0 aliphatic heterocycles. The third kappa shape index (κ3) is 3.26. The van der Waals surface area contributed by atoms with Crippen LogP contribution in [-0.2, 0) is 0 Å². The van der Waals surface area contributed by atoms with Gasteiger partial charge < -0.3 is 5.32 Å². The average molecular weight is 297 g/mol. The van der Waals surface area contributed by atoms with Gasteiger partial charge in [-0.25, -0.2) is 0 Å². The zero-order chi connectivity index (χ0) is 13.0. The number of thioether (sulfide) groups is 1. The molecule has 2 aromatic rings. The monoisotopic (exact) mass is 297 g/mol. The molecule has 3 nitrogen and oxygen atoms in total. The van der Waals surface area contributed by atoms with Gasteiger partial charge in [-0.1, -0.05) is 53.1 Å². The van der Waals surface area contributed by atoms with E-state index in [-0.39, 0.29) is 0 Å². The van der Waals surface area contributed by atoms with E-state index in [1.54, 1.807) is 34.9 Å². The number of hydrogen-bond donors (Lipinski definition) is 1. The van der Waals surface area contributed by atoms with Crippen molar-refractivity contribution < 1.29 is 0 Å². The van der Waals surface area contributed by atoms with Crippen LogP contribution in [0.5, 0.6) is 0 Å². The maximum atomic E-state index is 4.20. The molecule has 1 heterocycles. The Balaban J connectivity index is 2.23. The van der Waals surface area contributed by atoms with Crippen molar-refractivity contribution in [1.29, 1.82) is 0 Å². The number of rotatable bonds is 5. The van der Waals surface area contributed by atoms with E-state index < -0.39 is 0 Å². The van der Waals surface area contributed by atoms with Crippen LogP contribution in [0.1, 0.15) is 18.5 Å². The molecule has 0 saturated carbocycles. The minimum absolute atomic E-state index is 0.335. The first-order chi connectivity index (χ1) is 8.74. The quantitative estimate of drug-likeness (QED) is 0.852. The Morgan fingerprint density at radius 3 is 2.61 bits per heavy atom. The molecule has 2 rings (SSSR count). The number of nitrogens with zero attached hydrogens (tertiary/aromatic N) is 2. The van der Waals surface area contributed by atoms with Gasteiger partial charge in [-0.3, -0.25) is 0 Å². The number of hydrogen-bond acceptors (Lipinski definition) is 6. The molecule has 0 aliphatic carbocycles. The van der Waals surface area contributed by atoms with E-state index in [4.69, 9.17) is 0 Å². The molecule has 18 heavy (non-hydrogen) atoms. The van der Waals surface area contributed by atoms with Gasteiger partial charge in [0.2, 0.25) is 0 Å². The zero-order valence-electron chi connectivity index (χ0n) is 10.5. The molecule has 0 fully saturated rings. The molecule has 1 N–H and O–H groups in total. The number of nitrogens with one attached hydrogen (secondary N) is 1. The first-order valence-corrected chi connectivity index (χ1v) is 8.42. The summed E-state index contributed by atoms with van der Waals surface area (Å²) in [6, 6.07) is 8.75. The van der Waals surface area contributed by atoms with Crippen LogP contribution in [0.4, 0.5) is 0 Å². The van der Waals surface area contributed by atoms with Crippen molar-refractivity contribution >= 4 is 34.9 Å². The van der Waals surface area contributed by atoms with E-state index in [1.807, 2.05) is 13.3 Å². The second-order valence-corrected chi connectivity index (χ2v) is 7.01. The maximum absolute atomic E-state index is 4.20. The Hall–Kier alpha value is -0.560. The van der Waals surface area contributed by atoms with Crippen LogP contribution < -0.4 is 5.32 Å². The predicted octanol–water partition coefficient (Wildman–Crippen LogP) is 3.69. The van der Waals surface area contributed by atoms with Crippen LogP contribution in [-0.4, -0.2) is 23.5 Å². The highest BCUT2D eigenvalue weighted by atomic mass is 32.2. The molecule has 0 radical (unpaired) electrons. The van der Waals surface area contributed by atoms with Crippen LogP contribution in [0.25, 0.3) is 0 Å². The lowest BCUT2D eigenvalue weighted by Crippen LogP contribution is -2.12. The molecule has 0 aliphatic rings. The van der Waals surface area contributed by atoms with Crippen molar-refractivity contribution in [2.24, 2.45) is 0 Å². The Labute approximate surface area is 120 Å². The summed E-state index contributed by atoms with van der Waals surface area (Å²) >= 11 is 4.96. The standard InChI is InChI=1S/C12H15N3S3/c1-8(13-2)9-6-4-5-7-10(9)17-12-15-14-11(16-3)18-12/h4-8,13H,1-3H3. The highest BCUT2D eigenvalue weighted by molar-refractivity contribution is 8.03. The van der Waals surface area contributed by atoms with Crippen molar-refractivity contribution in [2.45, 2.75) is 26.5 Å². The van der Waals surface area contributed by atoms with E-state index in [0.29, 0.717) is 6.04 Å². The summed E-state index contributed by atoms with van der Waals surface area (Å²) in [7, 11) is 1.98. The Kier molecular flexibility index (Phi) is 5.05. The summed E-state index contributed by atoms with van der Waals surface area (Å²) in [5.74, 6) is 0. The lowest BCUT2D eigenvalue weighted by molar-refractivity contribution is 0.641. The Morgan fingerprint density at radius 2 is 1.94 bits per heavy atom. The molecule has 0 bridgehead atoms. The summed E-state index contributed by atoms with van der Waals surface area (Å²) in [5, 5.41) is 11.6. The first kappa shape index (κ1) is 13.9. The summed E-state index contributed by atoms with van der Waals surface area (Å²) in [5.41, 5.74) is 1.30. The van der Waals surface area contributed by atoms with E-state index in [1.165, 1.54) is 10.5 Å². The van der Waals surface area contributed by atoms with Gasteiger partial charge in [-0.15, -0.1) is 10.2 Å². The fraction of sp³-hybridized carbons (Fsp3) is 0.333. The van der Waals surface area contributed by atoms with Gasteiger partial charge in [0, 0.05) is 10.9 Å². The molecular formula is C12H15N3S3. The predicted molar refractivity (Wildman–Crippen MR) is 79.7 cm³/mol. The maximum Gasteiger partial charge on any atom is 0.179 e. The molecule has 1 atom stereocenters. The lowest BCUT2D eigenvalue weighted by Gasteiger charge is -2.14. The summed E-state index contributed by atoms with van der Waals surface area (Å²) in [6.45, 7) is 2.16. The largest absolute Gasteiger partial charge is 0.313 e. The first-order valence-electron chi connectivity index (χ1n) is 5.56. The van der Waals surface area contributed by atoms with Gasteiger partial charge >= 0.3 is 0 Å². The van der Waals surface area contributed by atoms with Gasteiger partial charge in [0.05, 0.1) is 0 Å². The van der Waals surface area contributed by atoms with Crippen LogP contribution in [0, 0.1) is 0 Å². The van der Waals surface area contributed by atoms with Crippen molar-refractivity contribution in [3.63, 3.8) is 0 Å². The van der Waals surface area contributed by atoms with Crippen LogP contribution in [0.2, 0.25) is 0 Å². The molecule has 1 unspecified atom stereocenters. The third-order valence-corrected chi connectivity index (χ3v) is 5.62. The van der Waals surface area contributed by atoms with Gasteiger partial charge in [-0.05, 0) is 31.9 Å². The molecule has 0 amide bonds. The fourth-order valence-corrected chi connectivity index (χ4v) is 4.12. The molecule has 1 aromatic heterocycles. The highest BCUT2D eigenvalue weighted by Gasteiger charge is 2.11. The summed E-state index contributed by atoms with van der Waals surface area (Å²) in [4.78, 5) is 1.24. The number of aromatic nitrogens is 2. The van der Waals surface area contributed by atoms with E-state index in [9.17, 15) is 0 Å². The second kappa shape index (κ2) is 6.56. The molecule has 0 spiro atoms. The zero-order valence-corrected chi connectivity index (χ0v) is 13.0. The summed E-state index contributed by atoms with van der Waals surface area (Å²) in [6.07, 6.45) is 2.02. The Morgan fingerprint density at radius 1 is 1.22 bits per heavy atom. The normalized spacial score (nSPS) is 12.6. The molecule has 0 saturated heterocycles. The Bertz CT molecular complexity index is 513. The third-order valence-electron chi connectivity index (χ3n) is 2.58. The van der Waals surface area contributed by atoms with Gasteiger partial charge in [0.15, 0.2) is 8.68 Å². The molecular weight excluding hydrogens is 282 g/mol. The second-order valence-electron chi connectivity index (χ2n) is 3.69. The van der Waals surface area contributed by atoms with Crippen LogP contribution in [0.3, 0.4) is 0 Å². The van der Waals surface area contributed by atoms with Crippen LogP contribution >= 0.6 is 34.9 Å². The lowest BCUT2D eigenvalue weighted by atomic mass is 10.1. The van der Waals surface area contributed by atoms with Crippen molar-refractivity contribution in [1.82, 2.24) is 15.5 Å². The van der Waals surface area contributed by atoms with E-state index >= 15 is 0 Å². The smallest absolute Gasteiger partial charge is 0.179 e. The fourth-order valence-electron chi connectivity index (χ4n) is 1.50. The highest BCUT2D eigenvalue weighted by Crippen LogP contribution is 2.36. The van der Waals surface area contributed by atoms with Crippen molar-refractivity contribution in [2.75, 3.05) is 13.3 Å². The van der Waals surface area contributed by atoms with Gasteiger partial charge in [0.1, 0.15) is 0 Å². The molecule has 1 aromatic carbocycles. The number of benzene rings is 1. The summed E-state index contributed by atoms with van der Waals surface area (Å²) < 4.78 is 2.01. The topological polar surface area (TPSA) is 37.8 Å². The van der Waals surface area contributed by atoms with Crippen molar-refractivity contribution in [3.8, 4) is 0 Å². The van der Waals surface area contributed by atoms with Gasteiger partial charge in [-0.2, -0.15) is 0 Å². The minimum Gasteiger partial charge on any atom is -0.313 e. The average Bonchev–Trinajstić information content (AvgIpc) is 2.86. The molecule has 96 valence electrons.